The van der Waals surface area contributed by atoms with Gasteiger partial charge in [-0.15, -0.1) is 0 Å². The number of hydrogen-bond donors (Lipinski definition) is 2. The minimum absolute atomic E-state index is 0.261. The third-order valence-corrected chi connectivity index (χ3v) is 4.21. The molecule has 0 aliphatic rings. The van der Waals surface area contributed by atoms with E-state index in [2.05, 4.69) is 5.32 Å². The van der Waals surface area contributed by atoms with Crippen LogP contribution in [0.3, 0.4) is 0 Å². The zero-order valence-corrected chi connectivity index (χ0v) is 14.6. The molecule has 0 saturated carbocycles. The van der Waals surface area contributed by atoms with Crippen LogP contribution in [0.15, 0.2) is 60.7 Å². The third kappa shape index (κ3) is 5.72. The Labute approximate surface area is 148 Å². The Kier molecular flexibility index (Phi) is 6.71. The third-order valence-electron chi connectivity index (χ3n) is 4.21. The van der Waals surface area contributed by atoms with Crippen LogP contribution in [0.1, 0.15) is 18.1 Å². The second kappa shape index (κ2) is 8.99. The molecule has 0 radical (unpaired) electrons. The topological polar surface area (TPSA) is 69.6 Å². The highest BCUT2D eigenvalue weighted by atomic mass is 16.4. The van der Waals surface area contributed by atoms with E-state index in [0.29, 0.717) is 6.54 Å². The summed E-state index contributed by atoms with van der Waals surface area (Å²) < 4.78 is 0. The van der Waals surface area contributed by atoms with E-state index in [-0.39, 0.29) is 12.3 Å². The first-order valence-electron chi connectivity index (χ1n) is 8.28. The number of hydrogen-bond acceptors (Lipinski definition) is 3. The number of rotatable bonds is 8. The predicted octanol–water partition coefficient (Wildman–Crippen LogP) is 2.32. The van der Waals surface area contributed by atoms with Crippen molar-refractivity contribution < 1.29 is 14.7 Å². The molecular weight excluding hydrogens is 316 g/mol. The van der Waals surface area contributed by atoms with Gasteiger partial charge < -0.3 is 10.4 Å². The summed E-state index contributed by atoms with van der Waals surface area (Å²) in [7, 11) is 1.85. The van der Waals surface area contributed by atoms with Crippen molar-refractivity contribution in [2.24, 2.45) is 0 Å². The average molecular weight is 340 g/mol. The summed E-state index contributed by atoms with van der Waals surface area (Å²) in [6.45, 7) is 2.39. The van der Waals surface area contributed by atoms with Gasteiger partial charge in [0.05, 0.1) is 6.04 Å². The fourth-order valence-corrected chi connectivity index (χ4v) is 2.55. The highest BCUT2D eigenvalue weighted by Gasteiger charge is 2.25. The van der Waals surface area contributed by atoms with E-state index in [4.69, 9.17) is 0 Å². The smallest absolute Gasteiger partial charge is 0.326 e. The molecule has 1 amide bonds. The van der Waals surface area contributed by atoms with Gasteiger partial charge in [0.2, 0.25) is 5.91 Å². The summed E-state index contributed by atoms with van der Waals surface area (Å²) in [5, 5.41) is 12.1. The highest BCUT2D eigenvalue weighted by Crippen LogP contribution is 2.08. The average Bonchev–Trinajstić information content (AvgIpc) is 2.62. The summed E-state index contributed by atoms with van der Waals surface area (Å²) in [6.07, 6.45) is 0.261. The van der Waals surface area contributed by atoms with Crippen molar-refractivity contribution in [1.29, 1.82) is 0 Å². The zero-order chi connectivity index (χ0) is 18.2. The second-order valence-electron chi connectivity index (χ2n) is 6.17. The number of benzene rings is 2. The molecule has 2 atom stereocenters. The molecule has 0 bridgehead atoms. The first kappa shape index (κ1) is 18.7. The van der Waals surface area contributed by atoms with Gasteiger partial charge in [0, 0.05) is 13.0 Å². The Morgan fingerprint density at radius 1 is 1.00 bits per heavy atom. The minimum atomic E-state index is -1.03. The van der Waals surface area contributed by atoms with Crippen LogP contribution < -0.4 is 5.32 Å². The summed E-state index contributed by atoms with van der Waals surface area (Å²) >= 11 is 0. The largest absolute Gasteiger partial charge is 0.480 e. The molecule has 5 nitrogen and oxygen atoms in total. The van der Waals surface area contributed by atoms with Crippen LogP contribution in [0.4, 0.5) is 0 Å². The van der Waals surface area contributed by atoms with Crippen molar-refractivity contribution in [3.8, 4) is 0 Å². The molecule has 0 fully saturated rings. The first-order valence-corrected chi connectivity index (χ1v) is 8.28. The van der Waals surface area contributed by atoms with Gasteiger partial charge in [-0.3, -0.25) is 9.69 Å². The number of carbonyl (C=O) groups is 2. The van der Waals surface area contributed by atoms with E-state index in [9.17, 15) is 14.7 Å². The molecule has 0 spiro atoms. The maximum atomic E-state index is 12.5. The van der Waals surface area contributed by atoms with E-state index >= 15 is 0 Å². The standard InChI is InChI=1S/C20H24N2O3/c1-15(22(2)14-17-11-7-4-8-12-17)19(23)21-18(20(24)25)13-16-9-5-3-6-10-16/h3-12,15,18H,13-14H2,1-2H3,(H,21,23)(H,24,25)/t15?,18-/m0/s1. The molecule has 2 rings (SSSR count). The molecule has 2 aromatic rings. The SMILES string of the molecule is CC(C(=O)N[C@@H](Cc1ccccc1)C(=O)O)N(C)Cc1ccccc1. The van der Waals surface area contributed by atoms with E-state index in [1.54, 1.807) is 6.92 Å². The Hall–Kier alpha value is -2.66. The quantitative estimate of drug-likeness (QED) is 0.774. The number of amides is 1. The van der Waals surface area contributed by atoms with Gasteiger partial charge in [-0.1, -0.05) is 60.7 Å². The molecular formula is C20H24N2O3. The predicted molar refractivity (Wildman–Crippen MR) is 97.1 cm³/mol. The minimum Gasteiger partial charge on any atom is -0.480 e. The molecule has 5 heteroatoms. The van der Waals surface area contributed by atoms with Crippen molar-refractivity contribution in [2.45, 2.75) is 32.0 Å². The zero-order valence-electron chi connectivity index (χ0n) is 14.6. The van der Waals surface area contributed by atoms with Crippen molar-refractivity contribution in [3.63, 3.8) is 0 Å². The molecule has 2 N–H and O–H groups in total. The summed E-state index contributed by atoms with van der Waals surface area (Å²) in [6, 6.07) is 17.8. The Morgan fingerprint density at radius 3 is 2.04 bits per heavy atom. The van der Waals surface area contributed by atoms with Gasteiger partial charge in [-0.25, -0.2) is 4.79 Å². The first-order chi connectivity index (χ1) is 12.0. The Bertz CT molecular complexity index is 689. The van der Waals surface area contributed by atoms with E-state index < -0.39 is 18.1 Å². The fraction of sp³-hybridized carbons (Fsp3) is 0.300. The molecule has 0 aromatic heterocycles. The lowest BCUT2D eigenvalue weighted by Gasteiger charge is -2.25. The molecule has 0 aliphatic carbocycles. The van der Waals surface area contributed by atoms with Crippen LogP contribution in [0.25, 0.3) is 0 Å². The number of likely N-dealkylation sites (N-methyl/N-ethyl adjacent to an activating group) is 1. The van der Waals surface area contributed by atoms with Gasteiger partial charge in [-0.2, -0.15) is 0 Å². The van der Waals surface area contributed by atoms with Gasteiger partial charge in [-0.05, 0) is 25.1 Å². The van der Waals surface area contributed by atoms with Crippen LogP contribution in [-0.2, 0) is 22.6 Å². The van der Waals surface area contributed by atoms with Crippen LogP contribution in [0, 0.1) is 0 Å². The monoisotopic (exact) mass is 340 g/mol. The number of aliphatic carboxylic acids is 1. The second-order valence-corrected chi connectivity index (χ2v) is 6.17. The number of carbonyl (C=O) groups excluding carboxylic acids is 1. The lowest BCUT2D eigenvalue weighted by atomic mass is 10.1. The normalized spacial score (nSPS) is 13.2. The number of nitrogens with one attached hydrogen (secondary N) is 1. The molecule has 25 heavy (non-hydrogen) atoms. The van der Waals surface area contributed by atoms with Crippen molar-refractivity contribution in [2.75, 3.05) is 7.05 Å². The summed E-state index contributed by atoms with van der Waals surface area (Å²) in [4.78, 5) is 25.9. The van der Waals surface area contributed by atoms with Crippen molar-refractivity contribution >= 4 is 11.9 Å². The van der Waals surface area contributed by atoms with Crippen LogP contribution in [-0.4, -0.2) is 41.0 Å². The lowest BCUT2D eigenvalue weighted by Crippen LogP contribution is -2.50. The van der Waals surface area contributed by atoms with Crippen molar-refractivity contribution in [3.05, 3.63) is 71.8 Å². The van der Waals surface area contributed by atoms with E-state index in [1.807, 2.05) is 72.6 Å². The van der Waals surface area contributed by atoms with Gasteiger partial charge >= 0.3 is 5.97 Å². The van der Waals surface area contributed by atoms with Crippen molar-refractivity contribution in [1.82, 2.24) is 10.2 Å². The maximum absolute atomic E-state index is 12.5. The van der Waals surface area contributed by atoms with Crippen LogP contribution in [0.5, 0.6) is 0 Å². The van der Waals surface area contributed by atoms with Gasteiger partial charge in [0.25, 0.3) is 0 Å². The Balaban J connectivity index is 1.96. The molecule has 1 unspecified atom stereocenters. The van der Waals surface area contributed by atoms with Crippen LogP contribution >= 0.6 is 0 Å². The van der Waals surface area contributed by atoms with Gasteiger partial charge in [0.1, 0.15) is 6.04 Å². The highest BCUT2D eigenvalue weighted by molar-refractivity contribution is 5.86. The summed E-state index contributed by atoms with van der Waals surface area (Å²) in [5.41, 5.74) is 1.98. The molecule has 2 aromatic carbocycles. The number of nitrogens with zero attached hydrogens (tertiary/aromatic N) is 1. The molecule has 0 heterocycles. The van der Waals surface area contributed by atoms with E-state index in [1.165, 1.54) is 0 Å². The van der Waals surface area contributed by atoms with E-state index in [0.717, 1.165) is 11.1 Å². The molecule has 0 aliphatic heterocycles. The summed E-state index contributed by atoms with van der Waals surface area (Å²) in [5.74, 6) is -1.32. The number of carboxylic acid groups (broad SMARTS) is 1. The lowest BCUT2D eigenvalue weighted by molar-refractivity contribution is -0.142. The van der Waals surface area contributed by atoms with Crippen LogP contribution in [0.2, 0.25) is 0 Å². The van der Waals surface area contributed by atoms with Gasteiger partial charge in [0.15, 0.2) is 0 Å². The fourth-order valence-electron chi connectivity index (χ4n) is 2.55. The Morgan fingerprint density at radius 2 is 1.52 bits per heavy atom. The molecule has 0 saturated heterocycles. The number of carboxylic acids is 1. The molecule has 132 valence electrons. The maximum Gasteiger partial charge on any atom is 0.326 e.